The normalized spacial score (nSPS) is 20.9. The number of fused-ring (bicyclic) bond motifs is 1. The lowest BCUT2D eigenvalue weighted by atomic mass is 10.1. The standard InChI is InChI=1S/C19H21FN4O4/c1-28-22-15-9-23(7-10(15)6-21)17-5-16-12(4-14(17)20)18(25)13(19(26)27)8-24(16)11-2-3-11/h4-5,8,10-11H,2-3,6-7,9,21H2,1H3,(H,26,27). The predicted molar refractivity (Wildman–Crippen MR) is 103 cm³/mol. The highest BCUT2D eigenvalue weighted by Gasteiger charge is 2.32. The van der Waals surface area contributed by atoms with Crippen LogP contribution in [-0.2, 0) is 4.84 Å². The minimum absolute atomic E-state index is 0.0462. The number of oxime groups is 1. The Bertz CT molecular complexity index is 1040. The van der Waals surface area contributed by atoms with E-state index in [1.165, 1.54) is 13.3 Å². The number of anilines is 1. The fourth-order valence-electron chi connectivity index (χ4n) is 3.78. The summed E-state index contributed by atoms with van der Waals surface area (Å²) in [4.78, 5) is 30.7. The van der Waals surface area contributed by atoms with Gasteiger partial charge in [0.2, 0.25) is 5.43 Å². The molecule has 1 aromatic heterocycles. The van der Waals surface area contributed by atoms with Crippen molar-refractivity contribution in [2.45, 2.75) is 18.9 Å². The van der Waals surface area contributed by atoms with E-state index in [-0.39, 0.29) is 22.9 Å². The van der Waals surface area contributed by atoms with Crippen LogP contribution in [0.15, 0.2) is 28.3 Å². The van der Waals surface area contributed by atoms with Crippen molar-refractivity contribution in [3.63, 3.8) is 0 Å². The zero-order chi connectivity index (χ0) is 20.0. The summed E-state index contributed by atoms with van der Waals surface area (Å²) in [5.74, 6) is -1.93. The third-order valence-electron chi connectivity index (χ3n) is 5.37. The molecule has 1 atom stereocenters. The van der Waals surface area contributed by atoms with Gasteiger partial charge in [0.25, 0.3) is 0 Å². The Morgan fingerprint density at radius 1 is 1.43 bits per heavy atom. The molecule has 2 aromatic rings. The highest BCUT2D eigenvalue weighted by molar-refractivity contribution is 5.96. The van der Waals surface area contributed by atoms with Crippen molar-refractivity contribution in [2.75, 3.05) is 31.6 Å². The van der Waals surface area contributed by atoms with Gasteiger partial charge in [-0.05, 0) is 25.0 Å². The zero-order valence-corrected chi connectivity index (χ0v) is 15.4. The van der Waals surface area contributed by atoms with E-state index in [4.69, 9.17) is 10.6 Å². The van der Waals surface area contributed by atoms with Gasteiger partial charge in [0.1, 0.15) is 18.5 Å². The fraction of sp³-hybridized carbons (Fsp3) is 0.421. The number of aromatic carboxylic acids is 1. The number of carboxylic acids is 1. The van der Waals surface area contributed by atoms with Gasteiger partial charge in [-0.2, -0.15) is 0 Å². The van der Waals surface area contributed by atoms with Crippen LogP contribution in [0.25, 0.3) is 10.9 Å². The second-order valence-corrected chi connectivity index (χ2v) is 7.21. The molecule has 0 spiro atoms. The van der Waals surface area contributed by atoms with E-state index in [2.05, 4.69) is 5.16 Å². The molecule has 1 aromatic carbocycles. The summed E-state index contributed by atoms with van der Waals surface area (Å²) < 4.78 is 16.7. The lowest BCUT2D eigenvalue weighted by Crippen LogP contribution is -2.24. The predicted octanol–water partition coefficient (Wildman–Crippen LogP) is 1.57. The number of carboxylic acid groups (broad SMARTS) is 1. The molecule has 1 saturated carbocycles. The van der Waals surface area contributed by atoms with Crippen molar-refractivity contribution in [1.82, 2.24) is 4.57 Å². The van der Waals surface area contributed by atoms with Crippen LogP contribution >= 0.6 is 0 Å². The van der Waals surface area contributed by atoms with Crippen LogP contribution in [-0.4, -0.2) is 48.1 Å². The second kappa shape index (κ2) is 6.90. The number of hydrogen-bond donors (Lipinski definition) is 2. The maximum absolute atomic E-state index is 14.9. The third kappa shape index (κ3) is 3.01. The molecule has 3 N–H and O–H groups in total. The summed E-state index contributed by atoms with van der Waals surface area (Å²) in [5, 5.41) is 13.4. The Kier molecular flexibility index (Phi) is 4.54. The minimum Gasteiger partial charge on any atom is -0.477 e. The SMILES string of the molecule is CON=C1CN(c2cc3c(cc2F)c(=O)c(C(=O)O)cn3C2CC2)CC1CN. The number of pyridine rings is 1. The molecule has 2 aliphatic rings. The molecule has 28 heavy (non-hydrogen) atoms. The van der Waals surface area contributed by atoms with Crippen LogP contribution in [0.3, 0.4) is 0 Å². The molecule has 1 saturated heterocycles. The van der Waals surface area contributed by atoms with Crippen LogP contribution in [0.5, 0.6) is 0 Å². The van der Waals surface area contributed by atoms with Crippen molar-refractivity contribution in [3.05, 3.63) is 39.9 Å². The first kappa shape index (κ1) is 18.4. The van der Waals surface area contributed by atoms with Crippen molar-refractivity contribution >= 4 is 28.3 Å². The first-order valence-corrected chi connectivity index (χ1v) is 9.11. The highest BCUT2D eigenvalue weighted by atomic mass is 19.1. The largest absolute Gasteiger partial charge is 0.477 e. The Morgan fingerprint density at radius 2 is 2.18 bits per heavy atom. The van der Waals surface area contributed by atoms with E-state index >= 15 is 0 Å². The lowest BCUT2D eigenvalue weighted by molar-refractivity contribution is 0.0695. The minimum atomic E-state index is -1.31. The smallest absolute Gasteiger partial charge is 0.341 e. The lowest BCUT2D eigenvalue weighted by Gasteiger charge is -2.20. The van der Waals surface area contributed by atoms with Gasteiger partial charge in [-0.15, -0.1) is 0 Å². The van der Waals surface area contributed by atoms with Crippen LogP contribution in [0.2, 0.25) is 0 Å². The zero-order valence-electron chi connectivity index (χ0n) is 15.4. The van der Waals surface area contributed by atoms with E-state index in [1.807, 2.05) is 4.90 Å². The number of nitrogens with two attached hydrogens (primary N) is 1. The molecule has 4 rings (SSSR count). The van der Waals surface area contributed by atoms with Crippen molar-refractivity contribution in [1.29, 1.82) is 0 Å². The van der Waals surface area contributed by atoms with Gasteiger partial charge >= 0.3 is 5.97 Å². The average molecular weight is 388 g/mol. The van der Waals surface area contributed by atoms with Crippen LogP contribution in [0, 0.1) is 11.7 Å². The first-order chi connectivity index (χ1) is 13.4. The highest BCUT2D eigenvalue weighted by Crippen LogP contribution is 2.38. The first-order valence-electron chi connectivity index (χ1n) is 9.11. The molecule has 1 aliphatic heterocycles. The summed E-state index contributed by atoms with van der Waals surface area (Å²) in [5.41, 5.74) is 6.40. The maximum Gasteiger partial charge on any atom is 0.341 e. The van der Waals surface area contributed by atoms with Gasteiger partial charge < -0.3 is 25.1 Å². The second-order valence-electron chi connectivity index (χ2n) is 7.21. The molecule has 148 valence electrons. The number of nitrogens with zero attached hydrogens (tertiary/aromatic N) is 3. The van der Waals surface area contributed by atoms with Crippen LogP contribution < -0.4 is 16.1 Å². The molecule has 2 fully saturated rings. The van der Waals surface area contributed by atoms with Crippen LogP contribution in [0.4, 0.5) is 10.1 Å². The molecule has 0 amide bonds. The van der Waals surface area contributed by atoms with E-state index < -0.39 is 17.2 Å². The summed E-state index contributed by atoms with van der Waals surface area (Å²) in [7, 11) is 1.45. The number of benzene rings is 1. The summed E-state index contributed by atoms with van der Waals surface area (Å²) in [6, 6.07) is 2.89. The molecule has 2 heterocycles. The van der Waals surface area contributed by atoms with Gasteiger partial charge in [-0.1, -0.05) is 5.16 Å². The van der Waals surface area contributed by atoms with Gasteiger partial charge in [0.05, 0.1) is 23.5 Å². The van der Waals surface area contributed by atoms with Crippen molar-refractivity contribution in [3.8, 4) is 0 Å². The maximum atomic E-state index is 14.9. The Hall–Kier alpha value is -2.94. The third-order valence-corrected chi connectivity index (χ3v) is 5.37. The molecular formula is C19H21FN4O4. The Balaban J connectivity index is 1.86. The Morgan fingerprint density at radius 3 is 2.79 bits per heavy atom. The molecule has 8 nitrogen and oxygen atoms in total. The van der Waals surface area contributed by atoms with E-state index in [1.54, 1.807) is 10.6 Å². The van der Waals surface area contributed by atoms with Gasteiger partial charge in [0.15, 0.2) is 0 Å². The monoisotopic (exact) mass is 388 g/mol. The summed E-state index contributed by atoms with van der Waals surface area (Å²) in [6.07, 6.45) is 3.16. The van der Waals surface area contributed by atoms with E-state index in [0.29, 0.717) is 30.8 Å². The number of halogens is 1. The van der Waals surface area contributed by atoms with Crippen molar-refractivity contribution in [2.24, 2.45) is 16.8 Å². The molecule has 0 bridgehead atoms. The average Bonchev–Trinajstić information content (AvgIpc) is 3.42. The summed E-state index contributed by atoms with van der Waals surface area (Å²) in [6.45, 7) is 1.23. The molecule has 1 unspecified atom stereocenters. The number of carbonyl (C=O) groups is 1. The quantitative estimate of drug-likeness (QED) is 0.753. The van der Waals surface area contributed by atoms with E-state index in [0.717, 1.165) is 24.6 Å². The molecule has 9 heteroatoms. The number of aromatic nitrogens is 1. The Labute approximate surface area is 160 Å². The number of hydrogen-bond acceptors (Lipinski definition) is 6. The van der Waals surface area contributed by atoms with Gasteiger partial charge in [0, 0.05) is 36.6 Å². The topological polar surface area (TPSA) is 110 Å². The molecule has 1 aliphatic carbocycles. The van der Waals surface area contributed by atoms with Crippen molar-refractivity contribution < 1.29 is 19.1 Å². The number of rotatable bonds is 5. The van der Waals surface area contributed by atoms with Gasteiger partial charge in [-0.25, -0.2) is 9.18 Å². The fourth-order valence-corrected chi connectivity index (χ4v) is 3.78. The summed E-state index contributed by atoms with van der Waals surface area (Å²) >= 11 is 0. The molecular weight excluding hydrogens is 367 g/mol. The van der Waals surface area contributed by atoms with E-state index in [9.17, 15) is 19.1 Å². The molecule has 0 radical (unpaired) electrons. The van der Waals surface area contributed by atoms with Crippen LogP contribution in [0.1, 0.15) is 29.2 Å². The van der Waals surface area contributed by atoms with Gasteiger partial charge in [-0.3, -0.25) is 4.79 Å².